The van der Waals surface area contributed by atoms with E-state index in [2.05, 4.69) is 4.98 Å². The highest BCUT2D eigenvalue weighted by atomic mass is 127. The Bertz CT molecular complexity index is 375. The van der Waals surface area contributed by atoms with E-state index in [1.54, 1.807) is 28.7 Å². The van der Waals surface area contributed by atoms with Crippen molar-refractivity contribution in [1.82, 2.24) is 4.98 Å². The first kappa shape index (κ1) is 10.6. The van der Waals surface area contributed by atoms with Crippen LogP contribution in [0.25, 0.3) is 0 Å². The lowest BCUT2D eigenvalue weighted by Gasteiger charge is -2.03. The lowest BCUT2D eigenvalue weighted by atomic mass is 10.2. The highest BCUT2D eigenvalue weighted by Crippen LogP contribution is 2.26. The molecule has 0 spiro atoms. The fourth-order valence-electron chi connectivity index (χ4n) is 0.736. The Labute approximate surface area is 91.7 Å². The molecular formula is C7H2ClF2IN2. The van der Waals surface area contributed by atoms with Crippen LogP contribution in [0.1, 0.15) is 17.7 Å². The monoisotopic (exact) mass is 314 g/mol. The second-order valence-electron chi connectivity index (χ2n) is 2.11. The molecule has 0 aliphatic rings. The summed E-state index contributed by atoms with van der Waals surface area (Å²) in [4.78, 5) is 3.63. The fraction of sp³-hybridized carbons (Fsp3) is 0.143. The summed E-state index contributed by atoms with van der Waals surface area (Å²) in [6, 6.07) is 2.66. The Kier molecular flexibility index (Phi) is 3.39. The van der Waals surface area contributed by atoms with Gasteiger partial charge in [-0.1, -0.05) is 11.6 Å². The standard InChI is InChI=1S/C7H2ClF2IN2/c8-4-1-3(6(9)10)5(2-12)13-7(4)11/h1,6H. The van der Waals surface area contributed by atoms with Crippen LogP contribution in [-0.2, 0) is 0 Å². The molecule has 0 unspecified atom stereocenters. The van der Waals surface area contributed by atoms with Crippen molar-refractivity contribution in [3.63, 3.8) is 0 Å². The van der Waals surface area contributed by atoms with Gasteiger partial charge in [0.25, 0.3) is 6.43 Å². The zero-order chi connectivity index (χ0) is 10.0. The quantitative estimate of drug-likeness (QED) is 0.590. The molecule has 1 heterocycles. The third kappa shape index (κ3) is 2.25. The number of hydrogen-bond acceptors (Lipinski definition) is 2. The van der Waals surface area contributed by atoms with E-state index in [9.17, 15) is 8.78 Å². The molecular weight excluding hydrogens is 312 g/mol. The van der Waals surface area contributed by atoms with Gasteiger partial charge in [0.15, 0.2) is 5.69 Å². The molecule has 1 aromatic heterocycles. The highest BCUT2D eigenvalue weighted by Gasteiger charge is 2.16. The largest absolute Gasteiger partial charge is 0.266 e. The lowest BCUT2D eigenvalue weighted by Crippen LogP contribution is -1.96. The first-order chi connectivity index (χ1) is 6.06. The smallest absolute Gasteiger partial charge is 0.229 e. The summed E-state index contributed by atoms with van der Waals surface area (Å²) in [6.45, 7) is 0. The van der Waals surface area contributed by atoms with Crippen LogP contribution in [0.2, 0.25) is 5.02 Å². The maximum Gasteiger partial charge on any atom is 0.266 e. The SMILES string of the molecule is N#Cc1nc(I)c(Cl)cc1C(F)F. The summed E-state index contributed by atoms with van der Waals surface area (Å²) in [6.07, 6.45) is -2.73. The molecule has 68 valence electrons. The minimum Gasteiger partial charge on any atom is -0.229 e. The van der Waals surface area contributed by atoms with Crippen LogP contribution < -0.4 is 0 Å². The first-order valence-electron chi connectivity index (χ1n) is 3.10. The summed E-state index contributed by atoms with van der Waals surface area (Å²) in [5, 5.41) is 8.62. The van der Waals surface area contributed by atoms with Crippen molar-refractivity contribution in [3.05, 3.63) is 26.0 Å². The average Bonchev–Trinajstić information content (AvgIpc) is 2.08. The van der Waals surface area contributed by atoms with Crippen LogP contribution in [0.3, 0.4) is 0 Å². The lowest BCUT2D eigenvalue weighted by molar-refractivity contribution is 0.150. The summed E-state index contributed by atoms with van der Waals surface area (Å²) in [5.41, 5.74) is -0.697. The van der Waals surface area contributed by atoms with Crippen molar-refractivity contribution in [2.75, 3.05) is 0 Å². The topological polar surface area (TPSA) is 36.7 Å². The number of pyridine rings is 1. The minimum absolute atomic E-state index is 0.134. The Morgan fingerprint density at radius 1 is 1.62 bits per heavy atom. The van der Waals surface area contributed by atoms with Gasteiger partial charge in [0.05, 0.1) is 10.6 Å². The second-order valence-corrected chi connectivity index (χ2v) is 3.54. The van der Waals surface area contributed by atoms with E-state index >= 15 is 0 Å². The molecule has 6 heteroatoms. The van der Waals surface area contributed by atoms with E-state index in [4.69, 9.17) is 16.9 Å². The van der Waals surface area contributed by atoms with Crippen molar-refractivity contribution in [2.45, 2.75) is 6.43 Å². The van der Waals surface area contributed by atoms with E-state index in [1.165, 1.54) is 0 Å². The fourth-order valence-corrected chi connectivity index (χ4v) is 1.29. The highest BCUT2D eigenvalue weighted by molar-refractivity contribution is 14.1. The number of aromatic nitrogens is 1. The predicted octanol–water partition coefficient (Wildman–Crippen LogP) is 3.15. The van der Waals surface area contributed by atoms with E-state index in [0.29, 0.717) is 3.70 Å². The predicted molar refractivity (Wildman–Crippen MR) is 51.6 cm³/mol. The summed E-state index contributed by atoms with van der Waals surface area (Å²) >= 11 is 7.35. The van der Waals surface area contributed by atoms with Crippen LogP contribution in [0.15, 0.2) is 6.07 Å². The van der Waals surface area contributed by atoms with Gasteiger partial charge in [-0.25, -0.2) is 13.8 Å². The maximum absolute atomic E-state index is 12.3. The maximum atomic E-state index is 12.3. The molecule has 0 aliphatic carbocycles. The van der Waals surface area contributed by atoms with Gasteiger partial charge in [-0.05, 0) is 28.7 Å². The van der Waals surface area contributed by atoms with Crippen LogP contribution >= 0.6 is 34.2 Å². The van der Waals surface area contributed by atoms with Gasteiger partial charge < -0.3 is 0 Å². The third-order valence-electron chi connectivity index (χ3n) is 1.30. The van der Waals surface area contributed by atoms with E-state index in [-0.39, 0.29) is 10.7 Å². The molecule has 13 heavy (non-hydrogen) atoms. The molecule has 1 aromatic rings. The van der Waals surface area contributed by atoms with Gasteiger partial charge in [-0.2, -0.15) is 5.26 Å². The van der Waals surface area contributed by atoms with Crippen molar-refractivity contribution in [3.8, 4) is 6.07 Å². The Morgan fingerprint density at radius 2 is 2.23 bits per heavy atom. The van der Waals surface area contributed by atoms with Gasteiger partial charge in [-0.3, -0.25) is 0 Å². The van der Waals surface area contributed by atoms with Gasteiger partial charge in [0.1, 0.15) is 9.77 Å². The summed E-state index contributed by atoms with van der Waals surface area (Å²) in [5.74, 6) is 0. The number of alkyl halides is 2. The number of rotatable bonds is 1. The van der Waals surface area contributed by atoms with Crippen LogP contribution in [0.5, 0.6) is 0 Å². The zero-order valence-electron chi connectivity index (χ0n) is 6.06. The van der Waals surface area contributed by atoms with Crippen molar-refractivity contribution in [1.29, 1.82) is 5.26 Å². The van der Waals surface area contributed by atoms with Gasteiger partial charge in [0.2, 0.25) is 0 Å². The van der Waals surface area contributed by atoms with Crippen molar-refractivity contribution < 1.29 is 8.78 Å². The molecule has 0 atom stereocenters. The minimum atomic E-state index is -2.73. The molecule has 0 aromatic carbocycles. The molecule has 0 bridgehead atoms. The summed E-state index contributed by atoms with van der Waals surface area (Å²) < 4.78 is 24.9. The molecule has 0 saturated heterocycles. The molecule has 0 N–H and O–H groups in total. The van der Waals surface area contributed by atoms with E-state index in [0.717, 1.165) is 6.07 Å². The molecule has 0 saturated carbocycles. The third-order valence-corrected chi connectivity index (χ3v) is 2.73. The molecule has 0 fully saturated rings. The summed E-state index contributed by atoms with van der Waals surface area (Å²) in [7, 11) is 0. The zero-order valence-corrected chi connectivity index (χ0v) is 8.97. The number of hydrogen-bond donors (Lipinski definition) is 0. The van der Waals surface area contributed by atoms with E-state index < -0.39 is 12.0 Å². The van der Waals surface area contributed by atoms with Gasteiger partial charge in [-0.15, -0.1) is 0 Å². The number of nitrogens with zero attached hydrogens (tertiary/aromatic N) is 2. The van der Waals surface area contributed by atoms with Gasteiger partial charge >= 0.3 is 0 Å². The average molecular weight is 314 g/mol. The van der Waals surface area contributed by atoms with Gasteiger partial charge in [0, 0.05) is 0 Å². The second kappa shape index (κ2) is 4.15. The molecule has 2 nitrogen and oxygen atoms in total. The molecule has 0 aliphatic heterocycles. The first-order valence-corrected chi connectivity index (χ1v) is 4.56. The Hall–Kier alpha value is -0.480. The number of halogens is 4. The van der Waals surface area contributed by atoms with Crippen molar-refractivity contribution >= 4 is 34.2 Å². The van der Waals surface area contributed by atoms with Crippen LogP contribution in [0.4, 0.5) is 8.78 Å². The normalized spacial score (nSPS) is 10.2. The van der Waals surface area contributed by atoms with Crippen LogP contribution in [-0.4, -0.2) is 4.98 Å². The molecule has 0 radical (unpaired) electrons. The molecule has 0 amide bonds. The Balaban J connectivity index is 3.35. The van der Waals surface area contributed by atoms with Crippen LogP contribution in [0, 0.1) is 15.0 Å². The van der Waals surface area contributed by atoms with E-state index in [1.807, 2.05) is 0 Å². The van der Waals surface area contributed by atoms with Crippen molar-refractivity contribution in [2.24, 2.45) is 0 Å². The molecule has 1 rings (SSSR count). The number of nitriles is 1. The Morgan fingerprint density at radius 3 is 2.69 bits per heavy atom.